The smallest absolute Gasteiger partial charge is 0.312 e. The van der Waals surface area contributed by atoms with E-state index in [9.17, 15) is 43.3 Å². The number of methoxy groups -OCH3 is 1. The predicted octanol–water partition coefficient (Wildman–Crippen LogP) is 6.23. The van der Waals surface area contributed by atoms with Crippen LogP contribution in [0.1, 0.15) is 64.4 Å². The summed E-state index contributed by atoms with van der Waals surface area (Å²) in [5, 5.41) is 36.2. The molecule has 2 aromatic rings. The number of halogens is 2. The van der Waals surface area contributed by atoms with Crippen molar-refractivity contribution in [1.29, 1.82) is 0 Å². The van der Waals surface area contributed by atoms with Gasteiger partial charge in [-0.25, -0.2) is 13.8 Å². The van der Waals surface area contributed by atoms with Gasteiger partial charge in [-0.3, -0.25) is 19.2 Å². The average molecular weight is 821 g/mol. The molecule has 1 amide bonds. The van der Waals surface area contributed by atoms with E-state index >= 15 is 0 Å². The van der Waals surface area contributed by atoms with E-state index < -0.39 is 111 Å². The second-order valence-corrected chi connectivity index (χ2v) is 15.5. The number of nitrogens with one attached hydrogen (secondary N) is 1. The first-order chi connectivity index (χ1) is 27.7. The third-order valence-corrected chi connectivity index (χ3v) is 11.4. The van der Waals surface area contributed by atoms with Crippen molar-refractivity contribution in [3.8, 4) is 23.0 Å². The first kappa shape index (κ1) is 42.9. The number of anilines is 1. The Morgan fingerprint density at radius 1 is 0.966 bits per heavy atom. The third-order valence-electron chi connectivity index (χ3n) is 11.4. The minimum Gasteiger partial charge on any atom is -0.507 e. The number of aliphatic hydroxyl groups is 2. The Labute approximate surface area is 337 Å². The van der Waals surface area contributed by atoms with Crippen LogP contribution in [0.25, 0.3) is 33.3 Å². The SMILES string of the molecule is CO[C@H]1/C=C/O[C@@]2(C)Oc3c(C)c(O)c4c(=O)c(c5oc6cc(F)c(F)cc6nc-5c4c3C2=O)NC(=O)/C(C)=C\C=C\[C@H](C)[C@H](O)[C@@H](C)[C@@H](O)[C@@H](C)[C@H](OC(C)=O)[C@@H]1C. The first-order valence-corrected chi connectivity index (χ1v) is 19.0. The number of fused-ring (bicyclic) bond motifs is 2. The van der Waals surface area contributed by atoms with E-state index in [1.54, 1.807) is 33.8 Å². The molecule has 2 aromatic carbocycles. The standard InChI is InChI=1S/C43H46F2N2O12/c1-17-11-10-12-18(2)42(54)47-33-37(52)30-29(32-40(33)58-28-16-25(45)24(44)15-26(28)46-32)31-39(22(6)36(30)51)59-43(8,41(31)53)56-14-13-27(55-9)19(3)38(57-23(7)48)21(5)35(50)20(4)34(17)49/h10-17,19-21,27,34-35,38,49-51H,1-9H3,(H,47,54)/b11-10+,14-13+,18-12-/t17-,19+,20+,21+,27-,34-,35+,38+,43-/m0/s1. The van der Waals surface area contributed by atoms with Crippen molar-refractivity contribution in [2.24, 2.45) is 23.7 Å². The van der Waals surface area contributed by atoms with Gasteiger partial charge in [0.1, 0.15) is 34.5 Å². The van der Waals surface area contributed by atoms with Crippen molar-refractivity contribution in [3.63, 3.8) is 0 Å². The highest BCUT2D eigenvalue weighted by Gasteiger charge is 2.50. The van der Waals surface area contributed by atoms with Gasteiger partial charge in [0.15, 0.2) is 23.0 Å². The number of esters is 1. The maximum absolute atomic E-state index is 14.5. The second kappa shape index (κ2) is 16.2. The summed E-state index contributed by atoms with van der Waals surface area (Å²) in [4.78, 5) is 59.4. The van der Waals surface area contributed by atoms with Crippen LogP contribution < -0.4 is 15.5 Å². The van der Waals surface area contributed by atoms with Crippen LogP contribution in [0.5, 0.6) is 11.5 Å². The molecule has 0 unspecified atom stereocenters. The van der Waals surface area contributed by atoms with Crippen LogP contribution in [0, 0.1) is 42.2 Å². The number of amides is 1. The number of ketones is 1. The molecule has 3 aliphatic heterocycles. The molecular weight excluding hydrogens is 774 g/mol. The average Bonchev–Trinajstić information content (AvgIpc) is 3.45. The number of benzene rings is 3. The summed E-state index contributed by atoms with van der Waals surface area (Å²) in [5.41, 5.74) is -2.51. The van der Waals surface area contributed by atoms with Crippen LogP contribution >= 0.6 is 0 Å². The minimum atomic E-state index is -2.12. The predicted molar refractivity (Wildman–Crippen MR) is 211 cm³/mol. The lowest BCUT2D eigenvalue weighted by atomic mass is 9.78. The molecule has 9 atom stereocenters. The molecule has 59 heavy (non-hydrogen) atoms. The van der Waals surface area contributed by atoms with Gasteiger partial charge in [-0.2, -0.15) is 0 Å². The number of phenolic OH excluding ortho intramolecular Hbond substituents is 1. The molecule has 4 aliphatic rings. The van der Waals surface area contributed by atoms with Gasteiger partial charge in [-0.1, -0.05) is 45.9 Å². The van der Waals surface area contributed by atoms with Gasteiger partial charge < -0.3 is 44.0 Å². The fourth-order valence-corrected chi connectivity index (χ4v) is 7.80. The second-order valence-electron chi connectivity index (χ2n) is 15.5. The van der Waals surface area contributed by atoms with Crippen molar-refractivity contribution in [2.75, 3.05) is 12.4 Å². The largest absolute Gasteiger partial charge is 0.507 e. The fraction of sp³-hybridized carbons (Fsp3) is 0.419. The maximum atomic E-state index is 14.5. The number of carbonyl (C=O) groups is 3. The number of rotatable bonds is 2. The highest BCUT2D eigenvalue weighted by molar-refractivity contribution is 6.22. The molecule has 4 bridgehead atoms. The Morgan fingerprint density at radius 2 is 1.64 bits per heavy atom. The molecule has 0 fully saturated rings. The zero-order chi connectivity index (χ0) is 43.4. The first-order valence-electron chi connectivity index (χ1n) is 19.0. The van der Waals surface area contributed by atoms with Crippen molar-refractivity contribution in [2.45, 2.75) is 85.6 Å². The Kier molecular flexibility index (Phi) is 11.7. The van der Waals surface area contributed by atoms with Crippen LogP contribution in [0.15, 0.2) is 57.5 Å². The number of nitrogens with zero attached hydrogens (tertiary/aromatic N) is 1. The number of carbonyl (C=O) groups excluding carboxylic acids is 3. The number of allylic oxidation sites excluding steroid dienone is 2. The molecule has 0 saturated carbocycles. The number of Topliss-reactive ketones (excluding diaryl/α,β-unsaturated/α-hetero) is 1. The quantitative estimate of drug-likeness (QED) is 0.101. The molecule has 0 saturated heterocycles. The van der Waals surface area contributed by atoms with Gasteiger partial charge in [0.2, 0.25) is 5.43 Å². The molecule has 1 aliphatic carbocycles. The van der Waals surface area contributed by atoms with Crippen molar-refractivity contribution in [1.82, 2.24) is 4.98 Å². The van der Waals surface area contributed by atoms with E-state index in [0.29, 0.717) is 6.07 Å². The number of aliphatic hydroxyl groups excluding tert-OH is 2. The molecule has 0 spiro atoms. The Hall–Kier alpha value is -5.71. The van der Waals surface area contributed by atoms with E-state index in [2.05, 4.69) is 10.3 Å². The van der Waals surface area contributed by atoms with Crippen LogP contribution in [0.3, 0.4) is 0 Å². The summed E-state index contributed by atoms with van der Waals surface area (Å²) < 4.78 is 58.4. The third kappa shape index (κ3) is 7.56. The Morgan fingerprint density at radius 3 is 2.31 bits per heavy atom. The molecule has 0 aromatic heterocycles. The van der Waals surface area contributed by atoms with Gasteiger partial charge in [-0.15, -0.1) is 0 Å². The summed E-state index contributed by atoms with van der Waals surface area (Å²) in [6.07, 6.45) is 3.09. The topological polar surface area (TPSA) is 204 Å². The molecule has 14 nitrogen and oxygen atoms in total. The highest BCUT2D eigenvalue weighted by atomic mass is 19.2. The van der Waals surface area contributed by atoms with Gasteiger partial charge in [0.05, 0.1) is 35.5 Å². The summed E-state index contributed by atoms with van der Waals surface area (Å²) in [6, 6.07) is 1.47. The van der Waals surface area contributed by atoms with Crippen LogP contribution in [0.2, 0.25) is 0 Å². The number of phenols is 1. The van der Waals surface area contributed by atoms with Gasteiger partial charge in [0.25, 0.3) is 11.7 Å². The van der Waals surface area contributed by atoms with Crippen LogP contribution in [-0.2, 0) is 23.8 Å². The van der Waals surface area contributed by atoms with Crippen molar-refractivity contribution < 1.29 is 61.8 Å². The maximum Gasteiger partial charge on any atom is 0.312 e. The number of ether oxygens (including phenoxy) is 4. The fourth-order valence-electron chi connectivity index (χ4n) is 7.80. The van der Waals surface area contributed by atoms with Gasteiger partial charge in [-0.05, 0) is 19.9 Å². The molecule has 16 heteroatoms. The molecule has 4 N–H and O–H groups in total. The summed E-state index contributed by atoms with van der Waals surface area (Å²) in [5.74, 6) is -10.8. The Balaban J connectivity index is 1.60. The highest BCUT2D eigenvalue weighted by Crippen LogP contribution is 2.50. The zero-order valence-electron chi connectivity index (χ0n) is 33.9. The van der Waals surface area contributed by atoms with E-state index in [-0.39, 0.29) is 44.6 Å². The van der Waals surface area contributed by atoms with Gasteiger partial charge in [0, 0.05) is 73.3 Å². The molecule has 6 rings (SSSR count). The normalized spacial score (nSPS) is 30.2. The van der Waals surface area contributed by atoms with E-state index in [0.717, 1.165) is 12.3 Å². The molecule has 3 heterocycles. The minimum absolute atomic E-state index is 0.0332. The van der Waals surface area contributed by atoms with E-state index in [1.165, 1.54) is 53.0 Å². The lowest BCUT2D eigenvalue weighted by Gasteiger charge is -2.38. The lowest BCUT2D eigenvalue weighted by Crippen LogP contribution is -2.46. The van der Waals surface area contributed by atoms with Crippen molar-refractivity contribution >= 4 is 45.2 Å². The molecular formula is C43H46F2N2O12. The van der Waals surface area contributed by atoms with E-state index in [1.807, 2.05) is 0 Å². The number of aromatic nitrogens is 1. The van der Waals surface area contributed by atoms with Crippen LogP contribution in [-0.4, -0.2) is 75.3 Å². The summed E-state index contributed by atoms with van der Waals surface area (Å²) >= 11 is 0. The number of hydrogen-bond donors (Lipinski definition) is 4. The summed E-state index contributed by atoms with van der Waals surface area (Å²) in [7, 11) is 1.40. The number of aromatic hydroxyl groups is 1. The zero-order valence-corrected chi connectivity index (χ0v) is 33.9. The monoisotopic (exact) mass is 820 g/mol. The molecule has 314 valence electrons. The molecule has 0 radical (unpaired) electrons. The van der Waals surface area contributed by atoms with Crippen LogP contribution in [0.4, 0.5) is 14.5 Å². The van der Waals surface area contributed by atoms with Crippen molar-refractivity contribution in [3.05, 3.63) is 81.3 Å². The lowest BCUT2D eigenvalue weighted by molar-refractivity contribution is -0.160. The van der Waals surface area contributed by atoms with E-state index in [4.69, 9.17) is 23.4 Å². The summed E-state index contributed by atoms with van der Waals surface area (Å²) in [6.45, 7) is 12.2. The number of hydrogen-bond acceptors (Lipinski definition) is 13. The Bertz CT molecular complexity index is 2490. The van der Waals surface area contributed by atoms with Gasteiger partial charge >= 0.3 is 11.8 Å².